The molecule has 0 aromatic heterocycles. The highest BCUT2D eigenvalue weighted by molar-refractivity contribution is 6.18. The molecule has 12 nitrogen and oxygen atoms in total. The largest absolute Gasteiger partial charge is 0.444 e. The predicted molar refractivity (Wildman–Crippen MR) is 244 cm³/mol. The number of likely N-dealkylation sites (tertiary alicyclic amines) is 1. The standard InChI is InChI=1S/C28H33NO7.C24H29NO3/c1-26(2,3)36-25(33)29-22(21(30)20-23(31)34-28(6,7)35-24(20)32)27(4,5)19-15-13-18(14-16-19)17-11-9-8-10-12-17;1-23(2,3)28-22(27)25-20(15-16-21(25)26)24(4,5)19-13-11-18(12-14-19)17-9-7-6-8-10-17/h8-16,20,22H,1-7H3,(H,29,33);6-14,20H,15-16H2,1-5H3/t22-;/m0./s1. The monoisotopic (exact) mass is 874 g/mol. The van der Waals surface area contributed by atoms with Crippen LogP contribution in [-0.2, 0) is 49.0 Å². The van der Waals surface area contributed by atoms with E-state index in [2.05, 4.69) is 55.6 Å². The van der Waals surface area contributed by atoms with E-state index in [0.717, 1.165) is 22.3 Å². The van der Waals surface area contributed by atoms with Crippen LogP contribution in [0.4, 0.5) is 9.59 Å². The molecule has 2 fully saturated rings. The van der Waals surface area contributed by atoms with Crippen molar-refractivity contribution in [1.29, 1.82) is 0 Å². The molecule has 64 heavy (non-hydrogen) atoms. The number of ketones is 1. The van der Waals surface area contributed by atoms with Crippen LogP contribution in [0.2, 0.25) is 0 Å². The number of esters is 2. The first kappa shape index (κ1) is 48.7. The summed E-state index contributed by atoms with van der Waals surface area (Å²) >= 11 is 0. The summed E-state index contributed by atoms with van der Waals surface area (Å²) in [5, 5.41) is 2.59. The summed E-state index contributed by atoms with van der Waals surface area (Å²) in [6, 6.07) is 34.4. The molecule has 3 amide bonds. The summed E-state index contributed by atoms with van der Waals surface area (Å²) in [7, 11) is 0. The highest BCUT2D eigenvalue weighted by Gasteiger charge is 2.53. The van der Waals surface area contributed by atoms with Gasteiger partial charge in [0, 0.05) is 31.1 Å². The van der Waals surface area contributed by atoms with Crippen molar-refractivity contribution in [3.8, 4) is 22.3 Å². The van der Waals surface area contributed by atoms with E-state index in [4.69, 9.17) is 18.9 Å². The average Bonchev–Trinajstić information content (AvgIpc) is 3.61. The first-order valence-electron chi connectivity index (χ1n) is 21.6. The van der Waals surface area contributed by atoms with Gasteiger partial charge >= 0.3 is 24.1 Å². The van der Waals surface area contributed by atoms with E-state index in [-0.39, 0.29) is 17.4 Å². The molecule has 0 spiro atoms. The zero-order chi connectivity index (χ0) is 47.4. The van der Waals surface area contributed by atoms with Gasteiger partial charge in [0.15, 0.2) is 5.78 Å². The lowest BCUT2D eigenvalue weighted by Crippen LogP contribution is -2.59. The Morgan fingerprint density at radius 2 is 1.05 bits per heavy atom. The van der Waals surface area contributed by atoms with Gasteiger partial charge < -0.3 is 24.3 Å². The number of benzene rings is 4. The second-order valence-corrected chi connectivity index (χ2v) is 19.8. The van der Waals surface area contributed by atoms with Crippen LogP contribution in [0.5, 0.6) is 0 Å². The molecule has 0 radical (unpaired) electrons. The summed E-state index contributed by atoms with van der Waals surface area (Å²) in [4.78, 5) is 78.2. The number of hydrogen-bond donors (Lipinski definition) is 1. The van der Waals surface area contributed by atoms with Crippen molar-refractivity contribution < 1.29 is 47.7 Å². The lowest BCUT2D eigenvalue weighted by Gasteiger charge is -2.38. The minimum atomic E-state index is -1.83. The zero-order valence-electron chi connectivity index (χ0n) is 39.1. The molecule has 4 aromatic carbocycles. The van der Waals surface area contributed by atoms with Crippen LogP contribution in [-0.4, -0.2) is 69.8 Å². The SMILES string of the molecule is CC(C)(C)OC(=O)N1C(=O)CCC1C(C)(C)c1ccc(-c2ccccc2)cc1.CC(C)(C)OC(=O)N[C@@H](C(=O)C1C(=O)OC(C)(C)OC1=O)C(C)(C)c1ccc(-c2ccccc2)cc1. The Bertz CT molecular complexity index is 2300. The Kier molecular flexibility index (Phi) is 14.3. The molecule has 0 bridgehead atoms. The van der Waals surface area contributed by atoms with E-state index in [1.807, 2.05) is 93.6 Å². The van der Waals surface area contributed by atoms with E-state index >= 15 is 0 Å². The van der Waals surface area contributed by atoms with Gasteiger partial charge in [0.25, 0.3) is 5.79 Å². The molecule has 2 saturated heterocycles. The number of nitrogens with one attached hydrogen (secondary N) is 1. The van der Waals surface area contributed by atoms with Crippen molar-refractivity contribution in [3.05, 3.63) is 120 Å². The van der Waals surface area contributed by atoms with Crippen LogP contribution in [0.15, 0.2) is 109 Å². The number of imide groups is 1. The van der Waals surface area contributed by atoms with Crippen LogP contribution >= 0.6 is 0 Å². The minimum Gasteiger partial charge on any atom is -0.444 e. The van der Waals surface area contributed by atoms with Gasteiger partial charge in [-0.25, -0.2) is 14.5 Å². The van der Waals surface area contributed by atoms with E-state index in [9.17, 15) is 28.8 Å². The topological polar surface area (TPSA) is 155 Å². The molecule has 2 atom stereocenters. The van der Waals surface area contributed by atoms with Crippen LogP contribution in [0.25, 0.3) is 22.3 Å². The van der Waals surface area contributed by atoms with Crippen LogP contribution in [0, 0.1) is 5.92 Å². The number of carbonyl (C=O) groups excluding carboxylic acids is 6. The lowest BCUT2D eigenvalue weighted by atomic mass is 9.73. The smallest absolute Gasteiger partial charge is 0.417 e. The maximum Gasteiger partial charge on any atom is 0.417 e. The van der Waals surface area contributed by atoms with Gasteiger partial charge in [-0.1, -0.05) is 137 Å². The third kappa shape index (κ3) is 11.8. The highest BCUT2D eigenvalue weighted by atomic mass is 16.7. The molecular weight excluding hydrogens is 813 g/mol. The van der Waals surface area contributed by atoms with Gasteiger partial charge in [-0.3, -0.25) is 19.2 Å². The molecule has 2 aliphatic heterocycles. The Morgan fingerprint density at radius 3 is 1.48 bits per heavy atom. The normalized spacial score (nSPS) is 17.3. The van der Waals surface area contributed by atoms with Crippen molar-refractivity contribution >= 4 is 35.8 Å². The second-order valence-electron chi connectivity index (χ2n) is 19.8. The average molecular weight is 875 g/mol. The van der Waals surface area contributed by atoms with Gasteiger partial charge in [-0.15, -0.1) is 0 Å². The molecule has 1 unspecified atom stereocenters. The first-order chi connectivity index (χ1) is 29.7. The van der Waals surface area contributed by atoms with E-state index in [1.165, 1.54) is 24.3 Å². The maximum atomic E-state index is 13.7. The van der Waals surface area contributed by atoms with Crippen LogP contribution in [0.3, 0.4) is 0 Å². The fourth-order valence-corrected chi connectivity index (χ4v) is 7.86. The third-order valence-corrected chi connectivity index (χ3v) is 11.2. The number of ether oxygens (including phenoxy) is 4. The van der Waals surface area contributed by atoms with Crippen molar-refractivity contribution in [3.63, 3.8) is 0 Å². The number of cyclic esters (lactones) is 2. The molecule has 2 heterocycles. The van der Waals surface area contributed by atoms with Crippen molar-refractivity contribution in [1.82, 2.24) is 10.2 Å². The van der Waals surface area contributed by atoms with Crippen LogP contribution in [0.1, 0.15) is 107 Å². The zero-order valence-corrected chi connectivity index (χ0v) is 39.1. The Balaban J connectivity index is 0.000000248. The van der Waals surface area contributed by atoms with E-state index in [1.54, 1.807) is 34.6 Å². The highest BCUT2D eigenvalue weighted by Crippen LogP contribution is 2.39. The predicted octanol–water partition coefficient (Wildman–Crippen LogP) is 10.1. The van der Waals surface area contributed by atoms with Crippen LogP contribution < -0.4 is 5.32 Å². The number of nitrogens with zero attached hydrogens (tertiary/aromatic N) is 1. The van der Waals surface area contributed by atoms with Crippen molar-refractivity contribution in [2.75, 3.05) is 0 Å². The van der Waals surface area contributed by atoms with Gasteiger partial charge in [0.2, 0.25) is 11.8 Å². The number of hydrogen-bond acceptors (Lipinski definition) is 10. The minimum absolute atomic E-state index is 0.159. The number of Topliss-reactive ketones (excluding diaryl/α,β-unsaturated/α-hetero) is 1. The fraction of sp³-hybridized carbons (Fsp3) is 0.423. The van der Waals surface area contributed by atoms with Gasteiger partial charge in [-0.05, 0) is 81.3 Å². The quantitative estimate of drug-likeness (QED) is 0.0976. The molecule has 4 aromatic rings. The number of amides is 3. The van der Waals surface area contributed by atoms with E-state index < -0.39 is 64.3 Å². The molecule has 0 aliphatic carbocycles. The molecule has 1 N–H and O–H groups in total. The molecular formula is C52H62N2O10. The summed E-state index contributed by atoms with van der Waals surface area (Å²) in [6.07, 6.45) is -0.386. The van der Waals surface area contributed by atoms with Crippen molar-refractivity contribution in [2.45, 2.75) is 136 Å². The Morgan fingerprint density at radius 1 is 0.625 bits per heavy atom. The summed E-state index contributed by atoms with van der Waals surface area (Å²) < 4.78 is 21.2. The summed E-state index contributed by atoms with van der Waals surface area (Å²) in [5.41, 5.74) is 3.23. The molecule has 6 rings (SSSR count). The van der Waals surface area contributed by atoms with E-state index in [0.29, 0.717) is 18.4 Å². The van der Waals surface area contributed by atoms with Gasteiger partial charge in [-0.2, -0.15) is 0 Å². The fourth-order valence-electron chi connectivity index (χ4n) is 7.86. The van der Waals surface area contributed by atoms with Crippen molar-refractivity contribution in [2.24, 2.45) is 5.92 Å². The molecule has 340 valence electrons. The Hall–Kier alpha value is -6.30. The number of rotatable bonds is 9. The Labute approximate surface area is 377 Å². The molecule has 2 aliphatic rings. The number of alkyl carbamates (subject to hydrolysis) is 1. The number of carbonyl (C=O) groups is 6. The lowest BCUT2D eigenvalue weighted by molar-refractivity contribution is -0.238. The summed E-state index contributed by atoms with van der Waals surface area (Å²) in [5.74, 6) is -6.36. The first-order valence-corrected chi connectivity index (χ1v) is 21.6. The van der Waals surface area contributed by atoms with Gasteiger partial charge in [0.05, 0.1) is 6.04 Å². The second kappa shape index (κ2) is 18.8. The summed E-state index contributed by atoms with van der Waals surface area (Å²) in [6.45, 7) is 21.0. The molecule has 12 heteroatoms. The third-order valence-electron chi connectivity index (χ3n) is 11.2. The maximum absolute atomic E-state index is 13.7. The molecule has 0 saturated carbocycles. The van der Waals surface area contributed by atoms with Gasteiger partial charge in [0.1, 0.15) is 17.2 Å².